The largest absolute Gasteiger partial charge is 0.493 e. The molecule has 0 unspecified atom stereocenters. The van der Waals surface area contributed by atoms with Crippen molar-refractivity contribution in [2.45, 2.75) is 217 Å². The Kier molecular flexibility index (Phi) is 52.8. The Balaban J connectivity index is 0.000000293. The van der Waals surface area contributed by atoms with Gasteiger partial charge in [-0.25, -0.2) is 28.8 Å². The highest BCUT2D eigenvalue weighted by Gasteiger charge is 2.24. The van der Waals surface area contributed by atoms with E-state index in [1.54, 1.807) is 41.5 Å². The molecule has 0 atom stereocenters. The average Bonchev–Trinajstić information content (AvgIpc) is 0.794. The monoisotopic (exact) mass is 1970 g/mol. The lowest BCUT2D eigenvalue weighted by Crippen LogP contribution is -2.16. The topological polar surface area (TPSA) is 307 Å². The maximum Gasteiger partial charge on any atom is 0.333 e. The van der Waals surface area contributed by atoms with Gasteiger partial charge in [-0.1, -0.05) is 219 Å². The van der Waals surface area contributed by atoms with Gasteiger partial charge in [0.2, 0.25) is 0 Å². The van der Waals surface area contributed by atoms with E-state index in [-0.39, 0.29) is 97.0 Å². The SMILES string of the molecule is C=C(C)C(=O)OCCCc1cc(-c2ccc(-c3ccc(C)cc3)cc2CC)cc(CCCOC(=O)C(=C)C)c1OCCC(CO)CO.C=C(C)C(=O)OCCCc1cc(-c2ccc(-c3ccc(CCCCCC)cc3)cc2C)cc(CCCOC(=O)C(=C)C)c1OCCC(CO)CO.C=C(C)C(=O)OCCCc1cc(-c2ccc(-c3ccccc3)cc2CC)cc(CCCOC(=O)C(=C)C)c1OCCC(CO)CO. The van der Waals surface area contributed by atoms with E-state index >= 15 is 0 Å². The lowest BCUT2D eigenvalue weighted by Gasteiger charge is -2.21. The Bertz CT molecular complexity index is 5500. The summed E-state index contributed by atoms with van der Waals surface area (Å²) in [4.78, 5) is 72.0. The molecule has 0 amide bonds. The van der Waals surface area contributed by atoms with E-state index in [1.165, 1.54) is 59.1 Å². The molecule has 0 heterocycles. The fraction of sp³-hybridized carbons (Fsp3) is 0.415. The molecule has 0 radical (unpaired) electrons. The number of aryl methyl sites for hydroxylation is 11. The van der Waals surface area contributed by atoms with Gasteiger partial charge in [0.05, 0.1) is 59.5 Å². The van der Waals surface area contributed by atoms with Gasteiger partial charge in [0.1, 0.15) is 17.2 Å². The molecule has 0 fully saturated rings. The first-order valence-corrected chi connectivity index (χ1v) is 50.9. The summed E-state index contributed by atoms with van der Waals surface area (Å²) in [7, 11) is 0. The van der Waals surface area contributed by atoms with Gasteiger partial charge >= 0.3 is 35.8 Å². The van der Waals surface area contributed by atoms with E-state index in [0.717, 1.165) is 131 Å². The molecule has 0 spiro atoms. The van der Waals surface area contributed by atoms with Gasteiger partial charge < -0.3 is 73.3 Å². The molecule has 144 heavy (non-hydrogen) atoms. The smallest absolute Gasteiger partial charge is 0.333 e. The number of rotatable bonds is 61. The molecule has 774 valence electrons. The van der Waals surface area contributed by atoms with Gasteiger partial charge in [0, 0.05) is 90.8 Å². The van der Waals surface area contributed by atoms with Crippen LogP contribution in [0, 0.1) is 31.6 Å². The highest BCUT2D eigenvalue weighted by molar-refractivity contribution is 5.90. The Morgan fingerprint density at radius 3 is 0.792 bits per heavy atom. The molecule has 0 aliphatic rings. The van der Waals surface area contributed by atoms with Crippen LogP contribution in [0.15, 0.2) is 243 Å². The Labute approximate surface area is 855 Å². The number of unbranched alkanes of at least 4 members (excludes halogenated alkanes) is 3. The zero-order chi connectivity index (χ0) is 105. The highest BCUT2D eigenvalue weighted by Crippen LogP contribution is 2.42. The van der Waals surface area contributed by atoms with Gasteiger partial charge in [0.15, 0.2) is 0 Å². The molecule has 0 bridgehead atoms. The third-order valence-corrected chi connectivity index (χ3v) is 24.9. The molecule has 0 aromatic heterocycles. The van der Waals surface area contributed by atoms with Gasteiger partial charge in [0.25, 0.3) is 0 Å². The minimum atomic E-state index is -0.416. The minimum Gasteiger partial charge on any atom is -0.493 e. The van der Waals surface area contributed by atoms with Crippen molar-refractivity contribution in [3.05, 3.63) is 304 Å². The predicted molar refractivity (Wildman–Crippen MR) is 576 cm³/mol. The first kappa shape index (κ1) is 118. The standard InChI is InChI=1S/C44H58O7.C40H50O7.C39H48O7/c1-7-8-9-10-13-34-16-18-36(19-17-34)37-20-21-41(33(6)26-37)40-27-38(14-11-23-50-43(47)31(2)3)42(49-25-22-35(29-45)30-46)39(28-40)15-12-24-51-44(48)32(4)5;1-7-31-22-33(32-14-12-29(6)13-15-32)16-17-37(31)36-23-34(10-8-19-46-39(43)27(2)3)38(45-21-18-30(25-41)26-42)35(24-36)11-9-20-47-40(44)28(4)5;1-6-30-22-32(31-12-8-7-9-13-31)16-17-36(30)35-23-33(14-10-19-45-38(42)27(2)3)37(44-21-18-29(25-40)26-41)34(24-35)15-11-20-46-39(43)28(4)5/h16-21,26-28,35,45-46H,2,4,7-15,22-25,29-30H2,1,3,5-6H3;12-17,22-24,30,41-42H,2,4,7-11,18-21,25-26H2,1,3,5-6H3;7-9,12-13,16-17,22-24,29,40-41H,2,4,6,10-11,14-15,18-21,25-26H2,1,3,5H3. The Morgan fingerprint density at radius 2 is 0.521 bits per heavy atom. The zero-order valence-electron chi connectivity index (χ0n) is 87.1. The summed E-state index contributed by atoms with van der Waals surface area (Å²) in [6.45, 7) is 44.1. The Hall–Kier alpha value is -12.6. The summed E-state index contributed by atoms with van der Waals surface area (Å²) in [5, 5.41) is 57.6. The Morgan fingerprint density at radius 1 is 0.264 bits per heavy atom. The van der Waals surface area contributed by atoms with Crippen molar-refractivity contribution >= 4 is 35.8 Å². The van der Waals surface area contributed by atoms with Crippen molar-refractivity contribution in [1.29, 1.82) is 0 Å². The molecule has 6 N–H and O–H groups in total. The summed E-state index contributed by atoms with van der Waals surface area (Å²) in [6.07, 6.45) is 16.3. The predicted octanol–water partition coefficient (Wildman–Crippen LogP) is 23.3. The van der Waals surface area contributed by atoms with E-state index in [9.17, 15) is 59.4 Å². The molecule has 9 aromatic rings. The number of benzene rings is 9. The van der Waals surface area contributed by atoms with Crippen LogP contribution >= 0.6 is 0 Å². The maximum atomic E-state index is 12.0. The fourth-order valence-corrected chi connectivity index (χ4v) is 16.3. The molecule has 0 aliphatic heterocycles. The number of carbonyl (C=O) groups is 6. The van der Waals surface area contributed by atoms with Crippen molar-refractivity contribution in [1.82, 2.24) is 0 Å². The third-order valence-electron chi connectivity index (χ3n) is 24.9. The lowest BCUT2D eigenvalue weighted by atomic mass is 9.90. The molecular weight excluding hydrogens is 1810 g/mol. The second kappa shape index (κ2) is 64.2. The van der Waals surface area contributed by atoms with E-state index in [4.69, 9.17) is 42.6 Å². The molecule has 9 aromatic carbocycles. The van der Waals surface area contributed by atoms with Crippen molar-refractivity contribution in [3.63, 3.8) is 0 Å². The lowest BCUT2D eigenvalue weighted by molar-refractivity contribution is -0.139. The van der Waals surface area contributed by atoms with Gasteiger partial charge in [-0.3, -0.25) is 0 Å². The maximum absolute atomic E-state index is 12.0. The highest BCUT2D eigenvalue weighted by atomic mass is 16.6. The summed E-state index contributed by atoms with van der Waals surface area (Å²) in [5.41, 5.74) is 27.6. The first-order valence-electron chi connectivity index (χ1n) is 50.9. The summed E-state index contributed by atoms with van der Waals surface area (Å²) in [6, 6.07) is 60.3. The van der Waals surface area contributed by atoms with Crippen molar-refractivity contribution in [3.8, 4) is 84.0 Å². The van der Waals surface area contributed by atoms with E-state index in [0.29, 0.717) is 150 Å². The number of hydrogen-bond acceptors (Lipinski definition) is 21. The average molecular weight is 1970 g/mol. The molecule has 9 rings (SSSR count). The number of hydrogen-bond donors (Lipinski definition) is 6. The van der Waals surface area contributed by atoms with Crippen LogP contribution in [-0.4, -0.2) is 166 Å². The van der Waals surface area contributed by atoms with Crippen molar-refractivity contribution < 1.29 is 102 Å². The normalized spacial score (nSPS) is 11.0. The second-order valence-electron chi connectivity index (χ2n) is 37.3. The van der Waals surface area contributed by atoms with E-state index < -0.39 is 35.8 Å². The van der Waals surface area contributed by atoms with Crippen LogP contribution in [0.25, 0.3) is 66.8 Å². The number of aliphatic hydroxyl groups is 6. The summed E-state index contributed by atoms with van der Waals surface area (Å²) < 4.78 is 51.5. The number of ether oxygens (including phenoxy) is 9. The molecule has 0 saturated heterocycles. The third kappa shape index (κ3) is 39.5. The molecule has 21 heteroatoms. The molecular formula is C123H156O21. The molecule has 0 aliphatic carbocycles. The first-order chi connectivity index (χ1) is 69.3. The quantitative estimate of drug-likeness (QED) is 0.00893. The van der Waals surface area contributed by atoms with E-state index in [1.807, 2.05) is 18.2 Å². The van der Waals surface area contributed by atoms with Crippen molar-refractivity contribution in [2.75, 3.05) is 99.1 Å². The van der Waals surface area contributed by atoms with Crippen molar-refractivity contribution in [2.24, 2.45) is 17.8 Å². The van der Waals surface area contributed by atoms with Crippen LogP contribution in [0.5, 0.6) is 17.2 Å². The van der Waals surface area contributed by atoms with Gasteiger partial charge in [-0.2, -0.15) is 0 Å². The van der Waals surface area contributed by atoms with Crippen LogP contribution in [0.2, 0.25) is 0 Å². The second-order valence-corrected chi connectivity index (χ2v) is 37.3. The number of carbonyl (C=O) groups excluding carboxylic acids is 6. The van der Waals surface area contributed by atoms with Crippen LogP contribution in [0.4, 0.5) is 0 Å². The van der Waals surface area contributed by atoms with Crippen LogP contribution < -0.4 is 14.2 Å². The van der Waals surface area contributed by atoms with Crippen LogP contribution in [0.3, 0.4) is 0 Å². The number of esters is 6. The minimum absolute atomic E-state index is 0.126. The van der Waals surface area contributed by atoms with Gasteiger partial charge in [-0.15, -0.1) is 0 Å². The van der Waals surface area contributed by atoms with Crippen LogP contribution in [-0.2, 0) is 115 Å². The fourth-order valence-electron chi connectivity index (χ4n) is 16.3. The summed E-state index contributed by atoms with van der Waals surface area (Å²) in [5.74, 6) is -1.12. The number of aliphatic hydroxyl groups excluding tert-OH is 6. The van der Waals surface area contributed by atoms with E-state index in [2.05, 4.69) is 226 Å². The zero-order valence-corrected chi connectivity index (χ0v) is 87.1. The summed E-state index contributed by atoms with van der Waals surface area (Å²) >= 11 is 0. The molecule has 0 saturated carbocycles. The molecule has 21 nitrogen and oxygen atoms in total. The van der Waals surface area contributed by atoms with Crippen LogP contribution in [0.1, 0.15) is 207 Å². The van der Waals surface area contributed by atoms with Gasteiger partial charge in [-0.05, 0) is 336 Å².